The number of methoxy groups -OCH3 is 1. The molecule has 1 atom stereocenters. The van der Waals surface area contributed by atoms with Gasteiger partial charge in [-0.25, -0.2) is 26.7 Å². The van der Waals surface area contributed by atoms with Crippen LogP contribution in [0.2, 0.25) is 0 Å². The van der Waals surface area contributed by atoms with E-state index in [1.54, 1.807) is 4.72 Å². The Bertz CT molecular complexity index is 555. The van der Waals surface area contributed by atoms with Crippen molar-refractivity contribution in [3.8, 4) is 0 Å². The average Bonchev–Trinajstić information content (AvgIpc) is 2.34. The predicted molar refractivity (Wildman–Crippen MR) is 59.6 cm³/mol. The fraction of sp³-hybridized carbons (Fsp3) is 0.300. The third-order valence-electron chi connectivity index (χ3n) is 2.13. The molecule has 0 fully saturated rings. The van der Waals surface area contributed by atoms with Crippen molar-refractivity contribution in [1.29, 1.82) is 0 Å². The molecule has 106 valence electrons. The first-order valence-corrected chi connectivity index (χ1v) is 6.47. The molecule has 1 aromatic carbocycles. The second kappa shape index (κ2) is 6.04. The molecule has 1 aromatic rings. The zero-order valence-electron chi connectivity index (χ0n) is 9.76. The van der Waals surface area contributed by atoms with Crippen molar-refractivity contribution >= 4 is 16.0 Å². The van der Waals surface area contributed by atoms with Crippen LogP contribution < -0.4 is 4.72 Å². The molecule has 9 heteroatoms. The zero-order valence-corrected chi connectivity index (χ0v) is 10.6. The molecule has 0 aliphatic carbocycles. The molecule has 2 N–H and O–H groups in total. The van der Waals surface area contributed by atoms with Gasteiger partial charge < -0.3 is 9.84 Å². The Kier molecular flexibility index (Phi) is 4.92. The van der Waals surface area contributed by atoms with Gasteiger partial charge in [0, 0.05) is 6.54 Å². The lowest BCUT2D eigenvalue weighted by Gasteiger charge is -2.11. The molecule has 0 saturated carbocycles. The van der Waals surface area contributed by atoms with Gasteiger partial charge in [-0.15, -0.1) is 0 Å². The predicted octanol–water partition coefficient (Wildman–Crippen LogP) is -0.223. The molecule has 0 aromatic heterocycles. The van der Waals surface area contributed by atoms with E-state index < -0.39 is 45.2 Å². The SMILES string of the molecule is COC(=O)C(O)CNS(=O)(=O)c1c(F)cccc1F. The molecule has 6 nitrogen and oxygen atoms in total. The number of halogens is 2. The van der Waals surface area contributed by atoms with Gasteiger partial charge in [0.15, 0.2) is 11.0 Å². The van der Waals surface area contributed by atoms with Crippen LogP contribution in [0.4, 0.5) is 8.78 Å². The third kappa shape index (κ3) is 3.69. The molecule has 0 aliphatic rings. The lowest BCUT2D eigenvalue weighted by atomic mass is 10.3. The highest BCUT2D eigenvalue weighted by Crippen LogP contribution is 2.17. The van der Waals surface area contributed by atoms with E-state index in [-0.39, 0.29) is 0 Å². The minimum atomic E-state index is -4.53. The minimum absolute atomic E-state index is 0.761. The van der Waals surface area contributed by atoms with Crippen molar-refractivity contribution in [1.82, 2.24) is 4.72 Å². The summed E-state index contributed by atoms with van der Waals surface area (Å²) in [7, 11) is -3.53. The Morgan fingerprint density at radius 2 is 1.95 bits per heavy atom. The van der Waals surface area contributed by atoms with E-state index >= 15 is 0 Å². The Balaban J connectivity index is 2.91. The monoisotopic (exact) mass is 295 g/mol. The van der Waals surface area contributed by atoms with Crippen molar-refractivity contribution in [2.24, 2.45) is 0 Å². The maximum atomic E-state index is 13.3. The molecule has 0 spiro atoms. The Hall–Kier alpha value is -1.58. The van der Waals surface area contributed by atoms with Gasteiger partial charge in [-0.3, -0.25) is 0 Å². The minimum Gasteiger partial charge on any atom is -0.467 e. The molecule has 19 heavy (non-hydrogen) atoms. The van der Waals surface area contributed by atoms with Crippen LogP contribution in [0.3, 0.4) is 0 Å². The number of ether oxygens (including phenoxy) is 1. The number of aliphatic hydroxyl groups is 1. The van der Waals surface area contributed by atoms with E-state index in [2.05, 4.69) is 4.74 Å². The number of carbonyl (C=O) groups is 1. The summed E-state index contributed by atoms with van der Waals surface area (Å²) in [6, 6.07) is 2.55. The quantitative estimate of drug-likeness (QED) is 0.732. The summed E-state index contributed by atoms with van der Waals surface area (Å²) < 4.78 is 55.7. The summed E-state index contributed by atoms with van der Waals surface area (Å²) in [4.78, 5) is 9.67. The molecular weight excluding hydrogens is 284 g/mol. The van der Waals surface area contributed by atoms with E-state index in [1.807, 2.05) is 0 Å². The molecule has 1 unspecified atom stereocenters. The first kappa shape index (κ1) is 15.5. The van der Waals surface area contributed by atoms with Gasteiger partial charge in [-0.1, -0.05) is 6.07 Å². The van der Waals surface area contributed by atoms with Gasteiger partial charge in [0.2, 0.25) is 10.0 Å². The highest BCUT2D eigenvalue weighted by molar-refractivity contribution is 7.89. The topological polar surface area (TPSA) is 92.7 Å². The van der Waals surface area contributed by atoms with Gasteiger partial charge >= 0.3 is 5.97 Å². The number of benzene rings is 1. The van der Waals surface area contributed by atoms with Crippen LogP contribution >= 0.6 is 0 Å². The molecule has 0 bridgehead atoms. The van der Waals surface area contributed by atoms with Crippen molar-refractivity contribution in [3.63, 3.8) is 0 Å². The van der Waals surface area contributed by atoms with E-state index in [1.165, 1.54) is 0 Å². The van der Waals surface area contributed by atoms with Crippen molar-refractivity contribution in [2.45, 2.75) is 11.0 Å². The van der Waals surface area contributed by atoms with Gasteiger partial charge in [0.05, 0.1) is 7.11 Å². The number of rotatable bonds is 5. The van der Waals surface area contributed by atoms with E-state index in [9.17, 15) is 27.1 Å². The summed E-state index contributed by atoms with van der Waals surface area (Å²) >= 11 is 0. The smallest absolute Gasteiger partial charge is 0.336 e. The number of nitrogens with one attached hydrogen (secondary N) is 1. The Morgan fingerprint density at radius 3 is 2.42 bits per heavy atom. The summed E-state index contributed by atoms with van der Waals surface area (Å²) in [6.07, 6.45) is -1.77. The van der Waals surface area contributed by atoms with Crippen LogP contribution in [0.5, 0.6) is 0 Å². The van der Waals surface area contributed by atoms with Crippen molar-refractivity contribution < 1.29 is 31.8 Å². The summed E-state index contributed by atoms with van der Waals surface area (Å²) in [5.41, 5.74) is 0. The van der Waals surface area contributed by atoms with Crippen LogP contribution in [-0.4, -0.2) is 39.3 Å². The molecule has 0 radical (unpaired) electrons. The number of esters is 1. The Morgan fingerprint density at radius 1 is 1.42 bits per heavy atom. The first-order chi connectivity index (χ1) is 8.79. The molecule has 0 heterocycles. The first-order valence-electron chi connectivity index (χ1n) is 4.99. The number of hydrogen-bond acceptors (Lipinski definition) is 5. The van der Waals surface area contributed by atoms with E-state index in [0.717, 1.165) is 25.3 Å². The molecular formula is C10H11F2NO5S. The molecule has 0 amide bonds. The van der Waals surface area contributed by atoms with Gasteiger partial charge in [-0.05, 0) is 12.1 Å². The second-order valence-corrected chi connectivity index (χ2v) is 5.15. The lowest BCUT2D eigenvalue weighted by molar-refractivity contribution is -0.149. The maximum Gasteiger partial charge on any atom is 0.336 e. The molecule has 1 rings (SSSR count). The van der Waals surface area contributed by atoms with Crippen LogP contribution in [0.15, 0.2) is 23.1 Å². The maximum absolute atomic E-state index is 13.3. The van der Waals surface area contributed by atoms with E-state index in [4.69, 9.17) is 0 Å². The van der Waals surface area contributed by atoms with E-state index in [0.29, 0.717) is 0 Å². The largest absolute Gasteiger partial charge is 0.467 e. The second-order valence-electron chi connectivity index (χ2n) is 3.44. The van der Waals surface area contributed by atoms with Crippen LogP contribution in [-0.2, 0) is 19.6 Å². The summed E-state index contributed by atoms with van der Waals surface area (Å²) in [5.74, 6) is -3.63. The van der Waals surface area contributed by atoms with Gasteiger partial charge in [-0.2, -0.15) is 0 Å². The van der Waals surface area contributed by atoms with Crippen molar-refractivity contribution in [3.05, 3.63) is 29.8 Å². The number of sulfonamides is 1. The highest BCUT2D eigenvalue weighted by Gasteiger charge is 2.26. The fourth-order valence-corrected chi connectivity index (χ4v) is 2.39. The van der Waals surface area contributed by atoms with Crippen LogP contribution in [0.25, 0.3) is 0 Å². The Labute approximate surface area is 108 Å². The van der Waals surface area contributed by atoms with Gasteiger partial charge in [0.1, 0.15) is 11.6 Å². The normalized spacial score (nSPS) is 13.1. The number of hydrogen-bond donors (Lipinski definition) is 2. The molecule has 0 saturated heterocycles. The highest BCUT2D eigenvalue weighted by atomic mass is 32.2. The zero-order chi connectivity index (χ0) is 14.6. The van der Waals surface area contributed by atoms with Crippen LogP contribution in [0.1, 0.15) is 0 Å². The summed E-state index contributed by atoms with van der Waals surface area (Å²) in [5, 5.41) is 9.18. The average molecular weight is 295 g/mol. The fourth-order valence-electron chi connectivity index (χ4n) is 1.22. The third-order valence-corrected chi connectivity index (χ3v) is 3.60. The number of carbonyl (C=O) groups excluding carboxylic acids is 1. The standard InChI is InChI=1S/C10H11F2NO5S/c1-18-10(15)8(14)5-13-19(16,17)9-6(11)3-2-4-7(9)12/h2-4,8,13-14H,5H2,1H3. The summed E-state index contributed by atoms with van der Waals surface area (Å²) in [6.45, 7) is -0.761. The van der Waals surface area contributed by atoms with Gasteiger partial charge in [0.25, 0.3) is 0 Å². The molecule has 0 aliphatic heterocycles. The van der Waals surface area contributed by atoms with Crippen molar-refractivity contribution in [2.75, 3.05) is 13.7 Å². The number of aliphatic hydroxyl groups excluding tert-OH is 1. The lowest BCUT2D eigenvalue weighted by Crippen LogP contribution is -2.37. The van der Waals surface area contributed by atoms with Crippen LogP contribution in [0, 0.1) is 11.6 Å².